The summed E-state index contributed by atoms with van der Waals surface area (Å²) in [5.74, 6) is 0.560. The number of pyridine rings is 1. The molecule has 4 rings (SSSR count). The molecule has 2 aromatic heterocycles. The van der Waals surface area contributed by atoms with Gasteiger partial charge in [0, 0.05) is 37.3 Å². The van der Waals surface area contributed by atoms with Gasteiger partial charge in [0.15, 0.2) is 0 Å². The molecule has 2 aliphatic heterocycles. The third kappa shape index (κ3) is 4.54. The topological polar surface area (TPSA) is 60.5 Å². The summed E-state index contributed by atoms with van der Waals surface area (Å²) in [5.41, 5.74) is 5.55. The predicted molar refractivity (Wildman–Crippen MR) is 104 cm³/mol. The van der Waals surface area contributed by atoms with Gasteiger partial charge in [-0.05, 0) is 36.4 Å². The van der Waals surface area contributed by atoms with Crippen LogP contribution in [0.25, 0.3) is 0 Å². The Morgan fingerprint density at radius 3 is 2.69 bits per heavy atom. The molecule has 0 radical (unpaired) electrons. The molecule has 2 aliphatic rings. The van der Waals surface area contributed by atoms with E-state index in [9.17, 15) is 18.0 Å². The number of anilines is 1. The zero-order valence-electron chi connectivity index (χ0n) is 15.7. The number of nitrogens with zero attached hydrogens (tertiary/aromatic N) is 3. The van der Waals surface area contributed by atoms with Gasteiger partial charge in [0.05, 0.1) is 11.6 Å². The number of alkyl halides is 3. The van der Waals surface area contributed by atoms with Crippen molar-refractivity contribution in [3.63, 3.8) is 0 Å². The zero-order valence-corrected chi connectivity index (χ0v) is 16.5. The number of hydrogen-bond donors (Lipinski definition) is 2. The maximum Gasteiger partial charge on any atom is 0.417 e. The van der Waals surface area contributed by atoms with E-state index in [0.717, 1.165) is 18.7 Å². The first-order valence-electron chi connectivity index (χ1n) is 9.53. The number of hydrazine groups is 1. The number of thiophene rings is 1. The molecule has 29 heavy (non-hydrogen) atoms. The maximum absolute atomic E-state index is 12.9. The largest absolute Gasteiger partial charge is 0.417 e. The van der Waals surface area contributed by atoms with Crippen molar-refractivity contribution in [3.05, 3.63) is 46.3 Å². The van der Waals surface area contributed by atoms with E-state index < -0.39 is 11.7 Å². The average molecular weight is 425 g/mol. The quantitative estimate of drug-likeness (QED) is 0.792. The van der Waals surface area contributed by atoms with Crippen LogP contribution in [0, 0.1) is 0 Å². The Hall–Kier alpha value is -2.17. The minimum absolute atomic E-state index is 0.0544. The van der Waals surface area contributed by atoms with Crippen LogP contribution in [0.4, 0.5) is 19.0 Å². The second-order valence-electron chi connectivity index (χ2n) is 7.21. The Balaban J connectivity index is 1.34. The summed E-state index contributed by atoms with van der Waals surface area (Å²) >= 11 is 1.66. The number of carbonyl (C=O) groups excluding carboxylic acids is 1. The Morgan fingerprint density at radius 1 is 1.14 bits per heavy atom. The summed E-state index contributed by atoms with van der Waals surface area (Å²) in [6.07, 6.45) is -2.10. The fraction of sp³-hybridized carbons (Fsp3) is 0.474. The highest BCUT2D eigenvalue weighted by Gasteiger charge is 2.34. The molecule has 0 spiro atoms. The number of carbonyl (C=O) groups is 1. The van der Waals surface area contributed by atoms with Crippen LogP contribution >= 0.6 is 11.3 Å². The van der Waals surface area contributed by atoms with Gasteiger partial charge in [-0.25, -0.2) is 15.8 Å². The molecule has 4 heterocycles. The van der Waals surface area contributed by atoms with E-state index in [1.807, 2.05) is 21.2 Å². The highest BCUT2D eigenvalue weighted by atomic mass is 32.1. The van der Waals surface area contributed by atoms with Gasteiger partial charge in [-0.1, -0.05) is 6.07 Å². The van der Waals surface area contributed by atoms with E-state index in [1.54, 1.807) is 11.3 Å². The van der Waals surface area contributed by atoms with Crippen molar-refractivity contribution in [1.82, 2.24) is 20.7 Å². The Morgan fingerprint density at radius 2 is 2.00 bits per heavy atom. The molecular formula is C19H22F3N5OS. The van der Waals surface area contributed by atoms with Crippen molar-refractivity contribution >= 4 is 23.1 Å². The van der Waals surface area contributed by atoms with E-state index >= 15 is 0 Å². The van der Waals surface area contributed by atoms with Gasteiger partial charge < -0.3 is 9.80 Å². The van der Waals surface area contributed by atoms with Gasteiger partial charge in [-0.15, -0.1) is 11.3 Å². The highest BCUT2D eigenvalue weighted by Crippen LogP contribution is 2.30. The lowest BCUT2D eigenvalue weighted by atomic mass is 10.1. The summed E-state index contributed by atoms with van der Waals surface area (Å²) in [7, 11) is 0. The highest BCUT2D eigenvalue weighted by molar-refractivity contribution is 7.10. The van der Waals surface area contributed by atoms with Gasteiger partial charge in [0.2, 0.25) is 5.91 Å². The molecule has 0 bridgehead atoms. The van der Waals surface area contributed by atoms with Crippen molar-refractivity contribution in [2.45, 2.75) is 31.1 Å². The van der Waals surface area contributed by atoms with E-state index in [0.29, 0.717) is 38.4 Å². The Labute approximate surface area is 170 Å². The summed E-state index contributed by atoms with van der Waals surface area (Å²) in [6.45, 7) is 2.33. The molecule has 2 aromatic rings. The number of halogens is 3. The first-order chi connectivity index (χ1) is 13.9. The lowest BCUT2D eigenvalue weighted by molar-refractivity contribution is -0.137. The van der Waals surface area contributed by atoms with Crippen LogP contribution in [-0.4, -0.2) is 48.0 Å². The molecule has 2 fully saturated rings. The van der Waals surface area contributed by atoms with Crippen LogP contribution in [0.2, 0.25) is 0 Å². The molecule has 2 unspecified atom stereocenters. The monoisotopic (exact) mass is 425 g/mol. The summed E-state index contributed by atoms with van der Waals surface area (Å²) < 4.78 is 38.2. The smallest absolute Gasteiger partial charge is 0.355 e. The van der Waals surface area contributed by atoms with Crippen molar-refractivity contribution in [1.29, 1.82) is 0 Å². The lowest BCUT2D eigenvalue weighted by Crippen LogP contribution is -2.46. The van der Waals surface area contributed by atoms with Crippen LogP contribution in [0.1, 0.15) is 29.3 Å². The maximum atomic E-state index is 12.9. The van der Waals surface area contributed by atoms with Crippen molar-refractivity contribution < 1.29 is 18.0 Å². The minimum atomic E-state index is -4.39. The molecule has 156 valence electrons. The standard InChI is InChI=1S/C19H22F3N5OS/c20-19(21,22)13-4-5-17(23-12-13)26-6-2-7-27(9-8-26)18(28)15-11-14(24-25-15)16-3-1-10-29-16/h1,3-5,10,12,14-15,24-25H,2,6-9,11H2. The molecule has 0 aromatic carbocycles. The SMILES string of the molecule is O=C(C1CC(c2cccs2)NN1)N1CCCN(c2ccc(C(F)(F)F)cn2)CC1. The first-order valence-corrected chi connectivity index (χ1v) is 10.4. The molecule has 2 N–H and O–H groups in total. The molecule has 6 nitrogen and oxygen atoms in total. The number of amides is 1. The van der Waals surface area contributed by atoms with E-state index in [1.165, 1.54) is 10.9 Å². The van der Waals surface area contributed by atoms with Crippen LogP contribution in [-0.2, 0) is 11.0 Å². The third-order valence-corrected chi connectivity index (χ3v) is 6.28. The average Bonchev–Trinajstić information content (AvgIpc) is 3.34. The van der Waals surface area contributed by atoms with Gasteiger partial charge in [0.1, 0.15) is 11.9 Å². The Kier molecular flexibility index (Phi) is 5.75. The second kappa shape index (κ2) is 8.29. The normalized spacial score (nSPS) is 23.3. The van der Waals surface area contributed by atoms with Crippen molar-refractivity contribution in [3.8, 4) is 0 Å². The molecule has 1 amide bonds. The number of hydrogen-bond acceptors (Lipinski definition) is 6. The fourth-order valence-corrected chi connectivity index (χ4v) is 4.51. The first kappa shape index (κ1) is 20.1. The van der Waals surface area contributed by atoms with Crippen LogP contribution in [0.3, 0.4) is 0 Å². The number of nitrogens with one attached hydrogen (secondary N) is 2. The van der Waals surface area contributed by atoms with Crippen LogP contribution in [0.15, 0.2) is 35.8 Å². The molecule has 2 atom stereocenters. The molecule has 10 heteroatoms. The predicted octanol–water partition coefficient (Wildman–Crippen LogP) is 2.81. The Bertz CT molecular complexity index is 827. The molecule has 0 saturated carbocycles. The summed E-state index contributed by atoms with van der Waals surface area (Å²) in [6, 6.07) is 6.35. The van der Waals surface area contributed by atoms with Gasteiger partial charge in [0.25, 0.3) is 0 Å². The van der Waals surface area contributed by atoms with Crippen molar-refractivity contribution in [2.75, 3.05) is 31.1 Å². The minimum Gasteiger partial charge on any atom is -0.355 e. The van der Waals surface area contributed by atoms with E-state index in [-0.39, 0.29) is 18.0 Å². The number of rotatable bonds is 3. The fourth-order valence-electron chi connectivity index (χ4n) is 3.72. The van der Waals surface area contributed by atoms with Crippen LogP contribution in [0.5, 0.6) is 0 Å². The van der Waals surface area contributed by atoms with E-state index in [2.05, 4.69) is 21.9 Å². The zero-order chi connectivity index (χ0) is 20.4. The molecule has 2 saturated heterocycles. The van der Waals surface area contributed by atoms with Gasteiger partial charge in [-0.3, -0.25) is 4.79 Å². The lowest BCUT2D eigenvalue weighted by Gasteiger charge is -2.25. The molecular weight excluding hydrogens is 403 g/mol. The second-order valence-corrected chi connectivity index (χ2v) is 8.19. The van der Waals surface area contributed by atoms with Crippen LogP contribution < -0.4 is 15.8 Å². The summed E-state index contributed by atoms with van der Waals surface area (Å²) in [5, 5.41) is 2.02. The van der Waals surface area contributed by atoms with E-state index in [4.69, 9.17) is 0 Å². The third-order valence-electron chi connectivity index (χ3n) is 5.29. The molecule has 0 aliphatic carbocycles. The van der Waals surface area contributed by atoms with Gasteiger partial charge in [-0.2, -0.15) is 13.2 Å². The number of aromatic nitrogens is 1. The van der Waals surface area contributed by atoms with Gasteiger partial charge >= 0.3 is 6.18 Å². The summed E-state index contributed by atoms with van der Waals surface area (Å²) in [4.78, 5) is 21.9. The van der Waals surface area contributed by atoms with Crippen molar-refractivity contribution in [2.24, 2.45) is 0 Å².